The van der Waals surface area contributed by atoms with E-state index in [1.165, 1.54) is 12.5 Å². The molecule has 2 heterocycles. The molecule has 0 saturated carbocycles. The second-order valence-electron chi connectivity index (χ2n) is 7.61. The molecule has 0 bridgehead atoms. The molecule has 0 aromatic heterocycles. The molecular formula is C21H30N2O4S. The number of piperidine rings is 1. The van der Waals surface area contributed by atoms with E-state index in [-0.39, 0.29) is 29.5 Å². The average Bonchev–Trinajstić information content (AvgIpc) is 3.00. The summed E-state index contributed by atoms with van der Waals surface area (Å²) >= 11 is 0. The fourth-order valence-corrected chi connectivity index (χ4v) is 5.83. The van der Waals surface area contributed by atoms with Crippen LogP contribution in [0.1, 0.15) is 38.2 Å². The maximum Gasteiger partial charge on any atom is 0.244 e. The van der Waals surface area contributed by atoms with Gasteiger partial charge in [-0.2, -0.15) is 0 Å². The maximum absolute atomic E-state index is 12.4. The van der Waals surface area contributed by atoms with Crippen LogP contribution in [0, 0.1) is 0 Å². The Morgan fingerprint density at radius 1 is 1.18 bits per heavy atom. The molecule has 1 aromatic carbocycles. The molecule has 2 atom stereocenters. The third kappa shape index (κ3) is 5.82. The van der Waals surface area contributed by atoms with Gasteiger partial charge in [-0.1, -0.05) is 25.5 Å². The Morgan fingerprint density at radius 2 is 1.89 bits per heavy atom. The van der Waals surface area contributed by atoms with Crippen molar-refractivity contribution in [2.45, 2.75) is 44.7 Å². The van der Waals surface area contributed by atoms with E-state index in [0.29, 0.717) is 6.61 Å². The van der Waals surface area contributed by atoms with Crippen LogP contribution < -0.4 is 10.1 Å². The van der Waals surface area contributed by atoms with Crippen molar-refractivity contribution in [1.82, 2.24) is 10.2 Å². The molecule has 0 aliphatic carbocycles. The molecule has 0 radical (unpaired) electrons. The van der Waals surface area contributed by atoms with Crippen molar-refractivity contribution in [3.05, 3.63) is 35.9 Å². The molecule has 7 heteroatoms. The maximum atomic E-state index is 12.4. The average molecular weight is 407 g/mol. The number of ether oxygens (including phenoxy) is 1. The van der Waals surface area contributed by atoms with Crippen molar-refractivity contribution in [3.8, 4) is 5.75 Å². The Hall–Kier alpha value is -1.86. The van der Waals surface area contributed by atoms with Crippen molar-refractivity contribution >= 4 is 21.8 Å². The van der Waals surface area contributed by atoms with Gasteiger partial charge in [-0.3, -0.25) is 9.69 Å². The van der Waals surface area contributed by atoms with E-state index in [4.69, 9.17) is 4.74 Å². The predicted octanol–water partition coefficient (Wildman–Crippen LogP) is 2.26. The fourth-order valence-electron chi connectivity index (χ4n) is 3.87. The smallest absolute Gasteiger partial charge is 0.244 e. The van der Waals surface area contributed by atoms with Gasteiger partial charge in [0, 0.05) is 12.1 Å². The number of hydrogen-bond donors (Lipinski definition) is 1. The molecule has 2 unspecified atom stereocenters. The van der Waals surface area contributed by atoms with Crippen LogP contribution in [0.5, 0.6) is 5.75 Å². The Balaban J connectivity index is 1.58. The Bertz CT molecular complexity index is 783. The first-order valence-corrected chi connectivity index (χ1v) is 11.9. The molecule has 1 aromatic rings. The quantitative estimate of drug-likeness (QED) is 0.703. The number of nitrogens with zero attached hydrogens (tertiary/aromatic N) is 1. The highest BCUT2D eigenvalue weighted by Crippen LogP contribution is 2.22. The van der Waals surface area contributed by atoms with Gasteiger partial charge in [0.05, 0.1) is 24.2 Å². The Kier molecular flexibility index (Phi) is 7.13. The minimum Gasteiger partial charge on any atom is -0.494 e. The first-order chi connectivity index (χ1) is 13.5. The zero-order chi connectivity index (χ0) is 20.0. The van der Waals surface area contributed by atoms with Crippen LogP contribution in [0.15, 0.2) is 30.3 Å². The summed E-state index contributed by atoms with van der Waals surface area (Å²) < 4.78 is 29.9. The Morgan fingerprint density at radius 3 is 2.57 bits per heavy atom. The summed E-state index contributed by atoms with van der Waals surface area (Å²) in [4.78, 5) is 14.6. The second-order valence-corrected chi connectivity index (χ2v) is 9.76. The van der Waals surface area contributed by atoms with Crippen molar-refractivity contribution in [3.63, 3.8) is 0 Å². The number of likely N-dealkylation sites (tertiary alicyclic amines) is 1. The number of amides is 1. The van der Waals surface area contributed by atoms with E-state index in [1.54, 1.807) is 6.08 Å². The molecule has 2 aliphatic heterocycles. The third-order valence-electron chi connectivity index (χ3n) is 5.29. The molecule has 154 valence electrons. The largest absolute Gasteiger partial charge is 0.494 e. The van der Waals surface area contributed by atoms with E-state index in [2.05, 4.69) is 17.1 Å². The number of nitrogens with one attached hydrogen (secondary N) is 1. The molecule has 6 nitrogen and oxygen atoms in total. The van der Waals surface area contributed by atoms with Gasteiger partial charge in [-0.15, -0.1) is 0 Å². The molecule has 1 amide bonds. The summed E-state index contributed by atoms with van der Waals surface area (Å²) in [5, 5.41) is 2.92. The van der Waals surface area contributed by atoms with E-state index in [1.807, 2.05) is 24.3 Å². The highest BCUT2D eigenvalue weighted by atomic mass is 32.2. The summed E-state index contributed by atoms with van der Waals surface area (Å²) in [5.41, 5.74) is 0.894. The highest BCUT2D eigenvalue weighted by molar-refractivity contribution is 7.91. The summed E-state index contributed by atoms with van der Waals surface area (Å²) in [5.74, 6) is 0.720. The topological polar surface area (TPSA) is 75.7 Å². The molecular weight excluding hydrogens is 376 g/mol. The number of rotatable bonds is 7. The van der Waals surface area contributed by atoms with E-state index < -0.39 is 9.84 Å². The van der Waals surface area contributed by atoms with Crippen molar-refractivity contribution < 1.29 is 17.9 Å². The monoisotopic (exact) mass is 406 g/mol. The van der Waals surface area contributed by atoms with Gasteiger partial charge in [0.2, 0.25) is 5.91 Å². The first kappa shape index (κ1) is 20.9. The SMILES string of the molecule is CCCOc1ccc(/C=C/C(=O)NC2CS(=O)(=O)CC2N2CCCCC2)cc1. The van der Waals surface area contributed by atoms with Gasteiger partial charge in [-0.05, 0) is 56.1 Å². The minimum absolute atomic E-state index is 0.0250. The third-order valence-corrected chi connectivity index (χ3v) is 7.01. The standard InChI is InChI=1S/C21H30N2O4S/c1-2-14-27-18-9-6-17(7-10-18)8-11-21(24)22-19-15-28(25,26)16-20(19)23-12-4-3-5-13-23/h6-11,19-20H,2-5,12-16H2,1H3,(H,22,24)/b11-8+. The van der Waals surface area contributed by atoms with Crippen LogP contribution in [0.25, 0.3) is 6.08 Å². The van der Waals surface area contributed by atoms with Crippen molar-refractivity contribution in [1.29, 1.82) is 0 Å². The van der Waals surface area contributed by atoms with Gasteiger partial charge >= 0.3 is 0 Å². The highest BCUT2D eigenvalue weighted by Gasteiger charge is 2.41. The van der Waals surface area contributed by atoms with Crippen LogP contribution in [0.4, 0.5) is 0 Å². The predicted molar refractivity (Wildman–Crippen MR) is 111 cm³/mol. The summed E-state index contributed by atoms with van der Waals surface area (Å²) in [6.07, 6.45) is 7.54. The number of carbonyl (C=O) groups excluding carboxylic acids is 1. The normalized spacial score (nSPS) is 25.0. The summed E-state index contributed by atoms with van der Waals surface area (Å²) in [7, 11) is -3.11. The molecule has 2 saturated heterocycles. The van der Waals surface area contributed by atoms with Crippen molar-refractivity contribution in [2.24, 2.45) is 0 Å². The van der Waals surface area contributed by atoms with Gasteiger partial charge in [0.25, 0.3) is 0 Å². The zero-order valence-corrected chi connectivity index (χ0v) is 17.3. The molecule has 0 spiro atoms. The molecule has 2 fully saturated rings. The van der Waals surface area contributed by atoms with Gasteiger partial charge in [0.15, 0.2) is 9.84 Å². The second kappa shape index (κ2) is 9.56. The Labute approximate surface area is 167 Å². The van der Waals surface area contributed by atoms with E-state index in [0.717, 1.165) is 43.7 Å². The lowest BCUT2D eigenvalue weighted by atomic mass is 10.0. The van der Waals surface area contributed by atoms with Gasteiger partial charge < -0.3 is 10.1 Å². The molecule has 28 heavy (non-hydrogen) atoms. The van der Waals surface area contributed by atoms with Gasteiger partial charge in [0.1, 0.15) is 5.75 Å². The molecule has 1 N–H and O–H groups in total. The lowest BCUT2D eigenvalue weighted by Crippen LogP contribution is -2.52. The van der Waals surface area contributed by atoms with E-state index in [9.17, 15) is 13.2 Å². The molecule has 3 rings (SSSR count). The lowest BCUT2D eigenvalue weighted by Gasteiger charge is -2.34. The van der Waals surface area contributed by atoms with E-state index >= 15 is 0 Å². The summed E-state index contributed by atoms with van der Waals surface area (Å²) in [6.45, 7) is 4.56. The fraction of sp³-hybridized carbons (Fsp3) is 0.571. The number of benzene rings is 1. The van der Waals surface area contributed by atoms with Gasteiger partial charge in [-0.25, -0.2) is 8.42 Å². The molecule has 2 aliphatic rings. The number of sulfone groups is 1. The number of carbonyl (C=O) groups is 1. The zero-order valence-electron chi connectivity index (χ0n) is 16.5. The first-order valence-electron chi connectivity index (χ1n) is 10.1. The van der Waals surface area contributed by atoms with Crippen LogP contribution in [0.2, 0.25) is 0 Å². The number of hydrogen-bond acceptors (Lipinski definition) is 5. The summed E-state index contributed by atoms with van der Waals surface area (Å²) in [6, 6.07) is 7.09. The van der Waals surface area contributed by atoms with Crippen molar-refractivity contribution in [2.75, 3.05) is 31.2 Å². The van der Waals surface area contributed by atoms with Crippen LogP contribution in [0.3, 0.4) is 0 Å². The lowest BCUT2D eigenvalue weighted by molar-refractivity contribution is -0.117. The van der Waals surface area contributed by atoms with Crippen LogP contribution in [-0.2, 0) is 14.6 Å². The van der Waals surface area contributed by atoms with Crippen LogP contribution in [-0.4, -0.2) is 62.5 Å². The minimum atomic E-state index is -3.11. The van der Waals surface area contributed by atoms with Crippen LogP contribution >= 0.6 is 0 Å².